The van der Waals surface area contributed by atoms with E-state index in [0.29, 0.717) is 11.6 Å². The molecule has 2 saturated heterocycles. The lowest BCUT2D eigenvalue weighted by molar-refractivity contribution is -0.137. The van der Waals surface area contributed by atoms with Crippen molar-refractivity contribution in [3.05, 3.63) is 47.7 Å². The van der Waals surface area contributed by atoms with Crippen LogP contribution in [0, 0.1) is 11.3 Å². The number of nitrogens with zero attached hydrogens (tertiary/aromatic N) is 5. The number of nitriles is 1. The number of amides is 1. The number of halogens is 4. The maximum atomic E-state index is 13.5. The van der Waals surface area contributed by atoms with E-state index in [0.717, 1.165) is 43.0 Å². The lowest BCUT2D eigenvalue weighted by atomic mass is 10.0. The number of likely N-dealkylation sites (tertiary alicyclic amines) is 1. The molecule has 2 aliphatic heterocycles. The highest BCUT2D eigenvalue weighted by Crippen LogP contribution is 2.39. The van der Waals surface area contributed by atoms with Crippen LogP contribution in [0.5, 0.6) is 5.88 Å². The molecule has 0 bridgehead atoms. The highest BCUT2D eigenvalue weighted by Gasteiger charge is 2.50. The van der Waals surface area contributed by atoms with Crippen molar-refractivity contribution in [2.75, 3.05) is 29.9 Å². The van der Waals surface area contributed by atoms with Crippen LogP contribution >= 0.6 is 24.6 Å². The van der Waals surface area contributed by atoms with Crippen molar-refractivity contribution >= 4 is 47.0 Å². The first-order valence-corrected chi connectivity index (χ1v) is 11.5. The van der Waals surface area contributed by atoms with Crippen molar-refractivity contribution in [2.45, 2.75) is 44.5 Å². The lowest BCUT2D eigenvalue weighted by Gasteiger charge is -2.30. The molecule has 2 aliphatic rings. The molecule has 0 unspecified atom stereocenters. The van der Waals surface area contributed by atoms with Gasteiger partial charge in [-0.3, -0.25) is 9.69 Å². The van der Waals surface area contributed by atoms with Gasteiger partial charge in [-0.05, 0) is 70.2 Å². The molecule has 0 atom stereocenters. The molecule has 2 aromatic rings. The summed E-state index contributed by atoms with van der Waals surface area (Å²) in [5, 5.41) is 9.09. The van der Waals surface area contributed by atoms with Crippen molar-refractivity contribution in [3.63, 3.8) is 0 Å². The predicted octanol–water partition coefficient (Wildman–Crippen LogP) is 4.78. The van der Waals surface area contributed by atoms with Crippen LogP contribution in [0.4, 0.5) is 24.5 Å². The fourth-order valence-electron chi connectivity index (χ4n) is 4.31. The number of hydrogen-bond donors (Lipinski definition) is 0. The predicted molar refractivity (Wildman–Crippen MR) is 135 cm³/mol. The Labute approximate surface area is 218 Å². The highest BCUT2D eigenvalue weighted by atomic mass is 35.5. The zero-order valence-corrected chi connectivity index (χ0v) is 21.5. The van der Waals surface area contributed by atoms with Gasteiger partial charge >= 0.3 is 6.18 Å². The van der Waals surface area contributed by atoms with Gasteiger partial charge in [0.1, 0.15) is 11.6 Å². The van der Waals surface area contributed by atoms with Crippen molar-refractivity contribution in [1.29, 1.82) is 5.26 Å². The van der Waals surface area contributed by atoms with Gasteiger partial charge in [-0.25, -0.2) is 4.98 Å². The smallest absolute Gasteiger partial charge is 0.417 e. The van der Waals surface area contributed by atoms with Crippen LogP contribution < -0.4 is 14.5 Å². The molecule has 2 fully saturated rings. The van der Waals surface area contributed by atoms with E-state index < -0.39 is 28.7 Å². The summed E-state index contributed by atoms with van der Waals surface area (Å²) >= 11 is 5.55. The van der Waals surface area contributed by atoms with Crippen molar-refractivity contribution < 1.29 is 22.7 Å². The van der Waals surface area contributed by atoms with Crippen molar-refractivity contribution in [3.8, 4) is 11.9 Å². The number of carbonyl (C=O) groups excluding carboxylic acids is 1. The third-order valence-electron chi connectivity index (χ3n) is 6.29. The first-order valence-electron chi connectivity index (χ1n) is 11.0. The summed E-state index contributed by atoms with van der Waals surface area (Å²) in [4.78, 5) is 22.5. The van der Waals surface area contributed by atoms with E-state index in [-0.39, 0.29) is 29.3 Å². The van der Waals surface area contributed by atoms with Gasteiger partial charge < -0.3 is 14.5 Å². The van der Waals surface area contributed by atoms with Gasteiger partial charge in [0.2, 0.25) is 5.88 Å². The molecular formula is C24H25ClF3N5O2S. The number of piperidine rings is 1. The maximum absolute atomic E-state index is 13.5. The molecule has 4 rings (SSSR count). The fourth-order valence-corrected chi connectivity index (χ4v) is 4.83. The van der Waals surface area contributed by atoms with Crippen LogP contribution in [0.1, 0.15) is 37.8 Å². The number of alkyl halides is 3. The van der Waals surface area contributed by atoms with E-state index in [1.807, 2.05) is 0 Å². The zero-order valence-electron chi connectivity index (χ0n) is 19.9. The summed E-state index contributed by atoms with van der Waals surface area (Å²) in [5.74, 6) is -0.0386. The second kappa shape index (κ2) is 10.2. The monoisotopic (exact) mass is 539 g/mol. The fraction of sp³-hybridized carbons (Fsp3) is 0.417. The van der Waals surface area contributed by atoms with Crippen molar-refractivity contribution in [1.82, 2.24) is 9.88 Å². The second-order valence-electron chi connectivity index (χ2n) is 9.13. The molecule has 0 aliphatic carbocycles. The molecule has 3 heterocycles. The molecule has 7 nitrogen and oxygen atoms in total. The van der Waals surface area contributed by atoms with Crippen LogP contribution in [0.25, 0.3) is 0 Å². The average Bonchev–Trinajstić information content (AvgIpc) is 2.98. The van der Waals surface area contributed by atoms with Gasteiger partial charge in [-0.2, -0.15) is 18.4 Å². The minimum atomic E-state index is -4.76. The largest absolute Gasteiger partial charge is 0.474 e. The average molecular weight is 540 g/mol. The summed E-state index contributed by atoms with van der Waals surface area (Å²) in [6.45, 7) is 5.17. The minimum Gasteiger partial charge on any atom is -0.474 e. The molecule has 0 spiro atoms. The molecule has 192 valence electrons. The Morgan fingerprint density at radius 1 is 1.17 bits per heavy atom. The Kier molecular flexibility index (Phi) is 7.83. The van der Waals surface area contributed by atoms with E-state index in [4.69, 9.17) is 22.2 Å². The molecule has 1 aromatic carbocycles. The van der Waals surface area contributed by atoms with Gasteiger partial charge in [0.05, 0.1) is 34.8 Å². The van der Waals surface area contributed by atoms with Gasteiger partial charge in [0.25, 0.3) is 5.91 Å². The molecule has 0 radical (unpaired) electrons. The molecule has 0 N–H and O–H groups in total. The first-order chi connectivity index (χ1) is 16.4. The molecular weight excluding hydrogens is 515 g/mol. The Bertz CT molecular complexity index is 1190. The van der Waals surface area contributed by atoms with E-state index >= 15 is 0 Å². The quantitative estimate of drug-likeness (QED) is 0.518. The Morgan fingerprint density at radius 3 is 2.36 bits per heavy atom. The van der Waals surface area contributed by atoms with Gasteiger partial charge in [-0.15, -0.1) is 12.4 Å². The molecule has 1 amide bonds. The SMILES string of the molecule is CN1CCC(Oc2ccc(N3C(=S)N(c4ccc(C#N)c(C(F)(F)F)c4)C(=O)C3(C)C)cn2)CC1.Cl. The maximum Gasteiger partial charge on any atom is 0.417 e. The van der Waals surface area contributed by atoms with Crippen LogP contribution in [0.15, 0.2) is 36.5 Å². The summed E-state index contributed by atoms with van der Waals surface area (Å²) in [7, 11) is 2.07. The second-order valence-corrected chi connectivity index (χ2v) is 9.50. The molecule has 36 heavy (non-hydrogen) atoms. The van der Waals surface area contributed by atoms with Crippen LogP contribution in [-0.2, 0) is 11.0 Å². The first kappa shape index (κ1) is 27.6. The number of benzene rings is 1. The number of carbonyl (C=O) groups is 1. The zero-order chi connectivity index (χ0) is 25.5. The normalized spacial score (nSPS) is 18.7. The minimum absolute atomic E-state index is 0. The third-order valence-corrected chi connectivity index (χ3v) is 6.65. The number of hydrogen-bond acceptors (Lipinski definition) is 6. The Morgan fingerprint density at radius 2 is 1.81 bits per heavy atom. The summed E-state index contributed by atoms with van der Waals surface area (Å²) in [6.07, 6.45) is -1.34. The van der Waals surface area contributed by atoms with E-state index in [2.05, 4.69) is 16.9 Å². The molecule has 12 heteroatoms. The summed E-state index contributed by atoms with van der Waals surface area (Å²) in [5.41, 5.74) is -2.38. The van der Waals surface area contributed by atoms with Gasteiger partial charge in [-0.1, -0.05) is 0 Å². The summed E-state index contributed by atoms with van der Waals surface area (Å²) in [6, 6.07) is 8.07. The van der Waals surface area contributed by atoms with Crippen LogP contribution in [-0.4, -0.2) is 52.7 Å². The third kappa shape index (κ3) is 5.12. The number of anilines is 2. The van der Waals surface area contributed by atoms with Gasteiger partial charge in [0.15, 0.2) is 5.11 Å². The topological polar surface area (TPSA) is 72.7 Å². The van der Waals surface area contributed by atoms with E-state index in [1.54, 1.807) is 36.9 Å². The van der Waals surface area contributed by atoms with Crippen molar-refractivity contribution in [2.24, 2.45) is 0 Å². The van der Waals surface area contributed by atoms with Crippen LogP contribution in [0.3, 0.4) is 0 Å². The van der Waals surface area contributed by atoms with E-state index in [9.17, 15) is 18.0 Å². The van der Waals surface area contributed by atoms with Gasteiger partial charge in [0, 0.05) is 19.2 Å². The standard InChI is InChI=1S/C24H24F3N5O2S.ClH/c1-23(2)21(33)31(16-5-4-15(13-28)19(12-16)24(25,26)27)22(35)32(23)17-6-7-20(29-14-17)34-18-8-10-30(3)11-9-18;/h4-7,12,14,18H,8-11H2,1-3H3;1H. The summed E-state index contributed by atoms with van der Waals surface area (Å²) < 4.78 is 46.5. The Balaban J connectivity index is 0.00000361. The highest BCUT2D eigenvalue weighted by molar-refractivity contribution is 7.81. The van der Waals surface area contributed by atoms with Crippen LogP contribution in [0.2, 0.25) is 0 Å². The molecule has 1 aromatic heterocycles. The number of thiocarbonyl (C=S) groups is 1. The number of rotatable bonds is 4. The number of ether oxygens (including phenoxy) is 1. The molecule has 0 saturated carbocycles. The number of aromatic nitrogens is 1. The number of pyridine rings is 1. The van der Waals surface area contributed by atoms with E-state index in [1.165, 1.54) is 12.3 Å². The Hall–Kier alpha value is -2.94. The lowest BCUT2D eigenvalue weighted by Crippen LogP contribution is -2.44.